The fraction of sp³-hybridized carbons (Fsp3) is 0.400. The van der Waals surface area contributed by atoms with Crippen LogP contribution in [0.25, 0.3) is 0 Å². The molecular weight excluding hydrogens is 263 g/mol. The van der Waals surface area contributed by atoms with Crippen LogP contribution in [0.15, 0.2) is 18.2 Å². The molecule has 0 aliphatic heterocycles. The lowest BCUT2D eigenvalue weighted by molar-refractivity contribution is 0.582. The van der Waals surface area contributed by atoms with Gasteiger partial charge < -0.3 is 4.57 Å². The van der Waals surface area contributed by atoms with Crippen LogP contribution in [0.5, 0.6) is 0 Å². The van der Waals surface area contributed by atoms with E-state index in [1.165, 1.54) is 30.3 Å². The fourth-order valence-electron chi connectivity index (χ4n) is 2.77. The van der Waals surface area contributed by atoms with Gasteiger partial charge in [-0.1, -0.05) is 17.7 Å². The highest BCUT2D eigenvalue weighted by Crippen LogP contribution is 2.24. The normalized spacial score (nSPS) is 14.5. The molecule has 2 nitrogen and oxygen atoms in total. The molecule has 0 fully saturated rings. The van der Waals surface area contributed by atoms with Crippen LogP contribution < -0.4 is 0 Å². The third-order valence-corrected chi connectivity index (χ3v) is 4.00. The molecule has 0 radical (unpaired) electrons. The van der Waals surface area contributed by atoms with E-state index < -0.39 is 0 Å². The average Bonchev–Trinajstić information content (AvgIpc) is 2.69. The van der Waals surface area contributed by atoms with Crippen LogP contribution >= 0.6 is 11.6 Å². The summed E-state index contributed by atoms with van der Waals surface area (Å²) in [5.41, 5.74) is 3.13. The van der Waals surface area contributed by atoms with Gasteiger partial charge in [-0.05, 0) is 44.7 Å². The van der Waals surface area contributed by atoms with Gasteiger partial charge in [0.15, 0.2) is 0 Å². The maximum atomic E-state index is 13.9. The van der Waals surface area contributed by atoms with E-state index in [2.05, 4.69) is 9.55 Å². The molecule has 1 aliphatic carbocycles. The Bertz CT molecular complexity index is 619. The van der Waals surface area contributed by atoms with Gasteiger partial charge in [0.05, 0.1) is 12.2 Å². The van der Waals surface area contributed by atoms with Crippen LogP contribution in [0.3, 0.4) is 0 Å². The smallest absolute Gasteiger partial charge is 0.129 e. The van der Waals surface area contributed by atoms with E-state index in [0.29, 0.717) is 17.1 Å². The summed E-state index contributed by atoms with van der Waals surface area (Å²) in [5, 5.41) is 0.436. The van der Waals surface area contributed by atoms with Crippen molar-refractivity contribution in [1.82, 2.24) is 9.55 Å². The van der Waals surface area contributed by atoms with Gasteiger partial charge in [0.2, 0.25) is 0 Å². The first-order valence-corrected chi connectivity index (χ1v) is 7.02. The largest absolute Gasteiger partial charge is 0.327 e. The first-order valence-electron chi connectivity index (χ1n) is 6.64. The Morgan fingerprint density at radius 1 is 1.32 bits per heavy atom. The topological polar surface area (TPSA) is 17.8 Å². The van der Waals surface area contributed by atoms with E-state index >= 15 is 0 Å². The van der Waals surface area contributed by atoms with Crippen LogP contribution in [-0.2, 0) is 19.4 Å². The Labute approximate surface area is 117 Å². The Morgan fingerprint density at radius 2 is 2.11 bits per heavy atom. The molecule has 0 spiro atoms. The van der Waals surface area contributed by atoms with E-state index in [1.54, 1.807) is 12.1 Å². The van der Waals surface area contributed by atoms with Crippen molar-refractivity contribution in [3.05, 3.63) is 51.8 Å². The summed E-state index contributed by atoms with van der Waals surface area (Å²) in [6.45, 7) is 2.53. The number of benzene rings is 1. The molecule has 4 heteroatoms. The molecule has 2 aromatic rings. The van der Waals surface area contributed by atoms with Gasteiger partial charge in [0.1, 0.15) is 11.6 Å². The van der Waals surface area contributed by atoms with Crippen molar-refractivity contribution in [1.29, 1.82) is 0 Å². The molecule has 0 bridgehead atoms. The minimum absolute atomic E-state index is 0.245. The van der Waals surface area contributed by atoms with Crippen LogP contribution in [0.4, 0.5) is 4.39 Å². The molecular formula is C15H16ClFN2. The van der Waals surface area contributed by atoms with Gasteiger partial charge in [-0.2, -0.15) is 0 Å². The van der Waals surface area contributed by atoms with Gasteiger partial charge in [-0.15, -0.1) is 0 Å². The molecule has 1 aromatic heterocycles. The van der Waals surface area contributed by atoms with Crippen LogP contribution in [0.1, 0.15) is 35.6 Å². The lowest BCUT2D eigenvalue weighted by Gasteiger charge is -2.15. The van der Waals surface area contributed by atoms with Crippen LogP contribution in [0.2, 0.25) is 5.02 Å². The third kappa shape index (κ3) is 2.39. The number of halogens is 2. The number of rotatable bonds is 2. The molecule has 0 saturated heterocycles. The predicted molar refractivity (Wildman–Crippen MR) is 74.1 cm³/mol. The zero-order valence-electron chi connectivity index (χ0n) is 10.9. The highest BCUT2D eigenvalue weighted by atomic mass is 35.5. The van der Waals surface area contributed by atoms with Crippen molar-refractivity contribution in [2.75, 3.05) is 0 Å². The maximum absolute atomic E-state index is 13.9. The third-order valence-electron chi connectivity index (χ3n) is 3.77. The summed E-state index contributed by atoms with van der Waals surface area (Å²) in [6, 6.07) is 4.86. The number of aromatic nitrogens is 2. The number of hydrogen-bond donors (Lipinski definition) is 0. The number of aryl methyl sites for hydroxylation is 2. The lowest BCUT2D eigenvalue weighted by atomic mass is 10.0. The van der Waals surface area contributed by atoms with Gasteiger partial charge in [-0.25, -0.2) is 9.37 Å². The van der Waals surface area contributed by atoms with E-state index in [0.717, 1.165) is 18.7 Å². The summed E-state index contributed by atoms with van der Waals surface area (Å²) in [7, 11) is 0. The van der Waals surface area contributed by atoms with Crippen LogP contribution in [-0.4, -0.2) is 9.55 Å². The monoisotopic (exact) mass is 278 g/mol. The molecule has 0 saturated carbocycles. The fourth-order valence-corrected chi connectivity index (χ4v) is 2.92. The second kappa shape index (κ2) is 4.97. The van der Waals surface area contributed by atoms with Gasteiger partial charge >= 0.3 is 0 Å². The molecule has 0 atom stereocenters. The highest BCUT2D eigenvalue weighted by molar-refractivity contribution is 6.30. The average molecular weight is 279 g/mol. The molecule has 0 unspecified atom stereocenters. The van der Waals surface area contributed by atoms with Crippen molar-refractivity contribution in [2.24, 2.45) is 0 Å². The summed E-state index contributed by atoms with van der Waals surface area (Å²) < 4.78 is 16.0. The summed E-state index contributed by atoms with van der Waals surface area (Å²) in [5.74, 6) is 0.728. The van der Waals surface area contributed by atoms with E-state index in [4.69, 9.17) is 11.6 Å². The Hall–Kier alpha value is -1.35. The second-order valence-electron chi connectivity index (χ2n) is 5.08. The van der Waals surface area contributed by atoms with Gasteiger partial charge in [-0.3, -0.25) is 0 Å². The van der Waals surface area contributed by atoms with E-state index in [-0.39, 0.29) is 5.82 Å². The number of imidazole rings is 1. The quantitative estimate of drug-likeness (QED) is 0.814. The molecule has 1 heterocycles. The van der Waals surface area contributed by atoms with E-state index in [9.17, 15) is 4.39 Å². The second-order valence-corrected chi connectivity index (χ2v) is 5.52. The van der Waals surface area contributed by atoms with Crippen LogP contribution in [0, 0.1) is 12.7 Å². The Kier molecular flexibility index (Phi) is 3.31. The standard InChI is InChI=1S/C15H16ClFN2/c1-10-18-14-4-2-3-5-15(14)19(10)9-11-6-7-12(16)8-13(11)17/h6-8H,2-5,9H2,1H3. The summed E-state index contributed by atoms with van der Waals surface area (Å²) >= 11 is 5.79. The molecule has 19 heavy (non-hydrogen) atoms. The SMILES string of the molecule is Cc1nc2c(n1Cc1ccc(Cl)cc1F)CCCC2. The summed E-state index contributed by atoms with van der Waals surface area (Å²) in [6.07, 6.45) is 4.50. The minimum atomic E-state index is -0.245. The number of nitrogens with zero attached hydrogens (tertiary/aromatic N) is 2. The molecule has 1 aliphatic rings. The Balaban J connectivity index is 1.97. The molecule has 0 N–H and O–H groups in total. The van der Waals surface area contributed by atoms with Crippen molar-refractivity contribution in [2.45, 2.75) is 39.2 Å². The Morgan fingerprint density at radius 3 is 2.89 bits per heavy atom. The maximum Gasteiger partial charge on any atom is 0.129 e. The van der Waals surface area contributed by atoms with E-state index in [1.807, 2.05) is 6.92 Å². The summed E-state index contributed by atoms with van der Waals surface area (Å²) in [4.78, 5) is 4.61. The first kappa shape index (κ1) is 12.7. The zero-order valence-corrected chi connectivity index (χ0v) is 11.7. The molecule has 100 valence electrons. The van der Waals surface area contributed by atoms with Crippen molar-refractivity contribution >= 4 is 11.6 Å². The molecule has 3 rings (SSSR count). The first-order chi connectivity index (χ1) is 9.15. The molecule has 1 aromatic carbocycles. The van der Waals surface area contributed by atoms with Crippen molar-refractivity contribution < 1.29 is 4.39 Å². The molecule has 0 amide bonds. The predicted octanol–water partition coefficient (Wildman–Crippen LogP) is 3.91. The number of hydrogen-bond acceptors (Lipinski definition) is 1. The van der Waals surface area contributed by atoms with Crippen molar-refractivity contribution in [3.63, 3.8) is 0 Å². The number of fused-ring (bicyclic) bond motifs is 1. The minimum Gasteiger partial charge on any atom is -0.327 e. The van der Waals surface area contributed by atoms with Gasteiger partial charge in [0.25, 0.3) is 0 Å². The van der Waals surface area contributed by atoms with Gasteiger partial charge in [0, 0.05) is 16.3 Å². The highest BCUT2D eigenvalue weighted by Gasteiger charge is 2.18. The van der Waals surface area contributed by atoms with Crippen molar-refractivity contribution in [3.8, 4) is 0 Å². The zero-order chi connectivity index (χ0) is 13.4. The lowest BCUT2D eigenvalue weighted by Crippen LogP contribution is -2.11.